The van der Waals surface area contributed by atoms with Crippen LogP contribution >= 0.6 is 11.3 Å². The van der Waals surface area contributed by atoms with E-state index in [1.54, 1.807) is 11.5 Å². The first-order chi connectivity index (χ1) is 9.15. The minimum Gasteiger partial charge on any atom is -0.321 e. The predicted octanol–water partition coefficient (Wildman–Crippen LogP) is 3.15. The van der Waals surface area contributed by atoms with Crippen molar-refractivity contribution in [3.8, 4) is 0 Å². The fourth-order valence-corrected chi connectivity index (χ4v) is 2.64. The summed E-state index contributed by atoms with van der Waals surface area (Å²) in [6.45, 7) is 0. The Labute approximate surface area is 112 Å². The van der Waals surface area contributed by atoms with Crippen molar-refractivity contribution >= 4 is 39.6 Å². The summed E-state index contributed by atoms with van der Waals surface area (Å²) in [6, 6.07) is 8.83. The van der Waals surface area contributed by atoms with Gasteiger partial charge in [-0.3, -0.25) is 14.9 Å². The van der Waals surface area contributed by atoms with Crippen LogP contribution in [0.15, 0.2) is 35.7 Å². The third-order valence-electron chi connectivity index (χ3n) is 2.81. The van der Waals surface area contributed by atoms with Crippen molar-refractivity contribution in [3.63, 3.8) is 0 Å². The third kappa shape index (κ3) is 2.02. The van der Waals surface area contributed by atoms with Crippen LogP contribution in [0.1, 0.15) is 11.1 Å². The SMILES string of the molecule is O=C1Nc2ccccc2C1=Cc1csc([N+](=O)[O-])c1. The molecule has 3 rings (SSSR count). The van der Waals surface area contributed by atoms with Gasteiger partial charge in [-0.25, -0.2) is 0 Å². The van der Waals surface area contributed by atoms with E-state index in [9.17, 15) is 14.9 Å². The number of carbonyl (C=O) groups is 1. The van der Waals surface area contributed by atoms with E-state index in [0.29, 0.717) is 11.1 Å². The first-order valence-corrected chi connectivity index (χ1v) is 6.38. The molecular formula is C13H8N2O3S. The number of nitrogens with zero attached hydrogens (tertiary/aromatic N) is 1. The molecule has 0 atom stereocenters. The summed E-state index contributed by atoms with van der Waals surface area (Å²) in [4.78, 5) is 22.1. The Hall–Kier alpha value is -2.47. The molecule has 0 aliphatic carbocycles. The summed E-state index contributed by atoms with van der Waals surface area (Å²) in [5.41, 5.74) is 2.78. The van der Waals surface area contributed by atoms with E-state index in [2.05, 4.69) is 5.32 Å². The van der Waals surface area contributed by atoms with E-state index in [1.807, 2.05) is 24.3 Å². The molecule has 94 valence electrons. The number of rotatable bonds is 2. The van der Waals surface area contributed by atoms with Gasteiger partial charge in [-0.1, -0.05) is 29.5 Å². The maximum atomic E-state index is 11.9. The highest BCUT2D eigenvalue weighted by atomic mass is 32.1. The Kier molecular flexibility index (Phi) is 2.64. The van der Waals surface area contributed by atoms with E-state index >= 15 is 0 Å². The minimum atomic E-state index is -0.435. The van der Waals surface area contributed by atoms with Crippen molar-refractivity contribution in [2.45, 2.75) is 0 Å². The third-order valence-corrected chi connectivity index (χ3v) is 3.71. The van der Waals surface area contributed by atoms with Crippen LogP contribution < -0.4 is 5.32 Å². The highest BCUT2D eigenvalue weighted by Gasteiger charge is 2.23. The lowest BCUT2D eigenvalue weighted by Gasteiger charge is -1.95. The Morgan fingerprint density at radius 2 is 2.11 bits per heavy atom. The average Bonchev–Trinajstić information content (AvgIpc) is 2.96. The molecule has 0 unspecified atom stereocenters. The van der Waals surface area contributed by atoms with Crippen molar-refractivity contribution in [2.24, 2.45) is 0 Å². The molecule has 2 heterocycles. The molecule has 0 spiro atoms. The van der Waals surface area contributed by atoms with Gasteiger partial charge in [-0.2, -0.15) is 0 Å². The zero-order valence-electron chi connectivity index (χ0n) is 9.62. The number of nitro groups is 1. The molecule has 5 nitrogen and oxygen atoms in total. The van der Waals surface area contributed by atoms with Gasteiger partial charge in [0.05, 0.1) is 4.92 Å². The first-order valence-electron chi connectivity index (χ1n) is 5.50. The zero-order valence-corrected chi connectivity index (χ0v) is 10.4. The van der Waals surface area contributed by atoms with E-state index in [0.717, 1.165) is 22.6 Å². The van der Waals surface area contributed by atoms with E-state index in [-0.39, 0.29) is 10.9 Å². The van der Waals surface area contributed by atoms with Gasteiger partial charge in [-0.05, 0) is 17.7 Å². The second kappa shape index (κ2) is 4.33. The predicted molar refractivity (Wildman–Crippen MR) is 73.9 cm³/mol. The van der Waals surface area contributed by atoms with Crippen LogP contribution in [0.2, 0.25) is 0 Å². The van der Waals surface area contributed by atoms with Gasteiger partial charge < -0.3 is 5.32 Å². The lowest BCUT2D eigenvalue weighted by Crippen LogP contribution is -2.03. The van der Waals surface area contributed by atoms with Gasteiger partial charge in [0.25, 0.3) is 5.91 Å². The van der Waals surface area contributed by atoms with Gasteiger partial charge in [0.2, 0.25) is 0 Å². The number of fused-ring (bicyclic) bond motifs is 1. The van der Waals surface area contributed by atoms with Crippen LogP contribution in [-0.2, 0) is 4.79 Å². The summed E-state index contributed by atoms with van der Waals surface area (Å²) in [5, 5.41) is 15.1. The largest absolute Gasteiger partial charge is 0.324 e. The summed E-state index contributed by atoms with van der Waals surface area (Å²) < 4.78 is 0. The molecule has 0 bridgehead atoms. The normalized spacial score (nSPS) is 15.4. The standard InChI is InChI=1S/C13H8N2O3S/c16-13-10(9-3-1-2-4-11(9)14-13)5-8-6-12(15(17)18)19-7-8/h1-7H,(H,14,16). The van der Waals surface area contributed by atoms with Crippen molar-refractivity contribution in [1.82, 2.24) is 0 Å². The van der Waals surface area contributed by atoms with Gasteiger partial charge in [0.15, 0.2) is 0 Å². The van der Waals surface area contributed by atoms with E-state index < -0.39 is 4.92 Å². The molecule has 19 heavy (non-hydrogen) atoms. The maximum Gasteiger partial charge on any atom is 0.324 e. The lowest BCUT2D eigenvalue weighted by molar-refractivity contribution is -0.380. The van der Waals surface area contributed by atoms with Crippen molar-refractivity contribution in [2.75, 3.05) is 5.32 Å². The topological polar surface area (TPSA) is 72.2 Å². The number of thiophene rings is 1. The number of nitrogens with one attached hydrogen (secondary N) is 1. The number of hydrogen-bond donors (Lipinski definition) is 1. The number of amides is 1. The van der Waals surface area contributed by atoms with Crippen molar-refractivity contribution < 1.29 is 9.72 Å². The summed E-state index contributed by atoms with van der Waals surface area (Å²) in [7, 11) is 0. The average molecular weight is 272 g/mol. The fourth-order valence-electron chi connectivity index (χ4n) is 1.96. The Morgan fingerprint density at radius 1 is 1.32 bits per heavy atom. The Morgan fingerprint density at radius 3 is 2.84 bits per heavy atom. The molecule has 1 aromatic carbocycles. The molecule has 1 amide bonds. The molecule has 1 N–H and O–H groups in total. The molecule has 1 aliphatic heterocycles. The molecular weight excluding hydrogens is 264 g/mol. The molecule has 6 heteroatoms. The molecule has 0 radical (unpaired) electrons. The van der Waals surface area contributed by atoms with E-state index in [4.69, 9.17) is 0 Å². The van der Waals surface area contributed by atoms with Crippen LogP contribution in [-0.4, -0.2) is 10.8 Å². The Bertz CT molecular complexity index is 718. The van der Waals surface area contributed by atoms with Gasteiger partial charge in [0, 0.05) is 28.3 Å². The summed E-state index contributed by atoms with van der Waals surface area (Å²) >= 11 is 1.05. The second-order valence-corrected chi connectivity index (χ2v) is 4.92. The van der Waals surface area contributed by atoms with Crippen LogP contribution in [0.3, 0.4) is 0 Å². The zero-order chi connectivity index (χ0) is 13.4. The second-order valence-electron chi connectivity index (χ2n) is 4.03. The number of carbonyl (C=O) groups excluding carboxylic acids is 1. The minimum absolute atomic E-state index is 0.0681. The fraction of sp³-hybridized carbons (Fsp3) is 0. The first kappa shape index (κ1) is 11.6. The van der Waals surface area contributed by atoms with Crippen molar-refractivity contribution in [3.05, 3.63) is 57.0 Å². The molecule has 0 saturated carbocycles. The molecule has 0 fully saturated rings. The Balaban J connectivity index is 2.03. The molecule has 2 aromatic rings. The van der Waals surface area contributed by atoms with E-state index in [1.165, 1.54) is 6.07 Å². The quantitative estimate of drug-likeness (QED) is 0.518. The lowest BCUT2D eigenvalue weighted by atomic mass is 10.1. The van der Waals surface area contributed by atoms with Crippen LogP contribution in [0.4, 0.5) is 10.7 Å². The summed E-state index contributed by atoms with van der Waals surface area (Å²) in [5.74, 6) is -0.185. The van der Waals surface area contributed by atoms with Gasteiger partial charge >= 0.3 is 5.00 Å². The monoisotopic (exact) mass is 272 g/mol. The maximum absolute atomic E-state index is 11.9. The smallest absolute Gasteiger partial charge is 0.321 e. The van der Waals surface area contributed by atoms with Gasteiger partial charge in [0.1, 0.15) is 0 Å². The number of para-hydroxylation sites is 1. The number of benzene rings is 1. The summed E-state index contributed by atoms with van der Waals surface area (Å²) in [6.07, 6.45) is 1.67. The highest BCUT2D eigenvalue weighted by molar-refractivity contribution is 7.13. The van der Waals surface area contributed by atoms with Crippen LogP contribution in [0, 0.1) is 10.1 Å². The van der Waals surface area contributed by atoms with Gasteiger partial charge in [-0.15, -0.1) is 0 Å². The van der Waals surface area contributed by atoms with Crippen LogP contribution in [0.25, 0.3) is 11.6 Å². The van der Waals surface area contributed by atoms with Crippen molar-refractivity contribution in [1.29, 1.82) is 0 Å². The number of hydrogen-bond acceptors (Lipinski definition) is 4. The van der Waals surface area contributed by atoms with Crippen LogP contribution in [0.5, 0.6) is 0 Å². The molecule has 0 saturated heterocycles. The number of anilines is 1. The molecule has 1 aliphatic rings. The highest BCUT2D eigenvalue weighted by Crippen LogP contribution is 2.34. The molecule has 1 aromatic heterocycles.